The molecule has 1 saturated heterocycles. The molecule has 1 aliphatic rings. The molecule has 2 unspecified atom stereocenters. The zero-order valence-corrected chi connectivity index (χ0v) is 10.3. The second-order valence-electron chi connectivity index (χ2n) is 5.97. The van der Waals surface area contributed by atoms with Crippen molar-refractivity contribution < 1.29 is 4.74 Å². The molecule has 0 aromatic carbocycles. The third-order valence-corrected chi connectivity index (χ3v) is 2.68. The smallest absolute Gasteiger partial charge is 0.0787 e. The maximum atomic E-state index is 6.14. The lowest BCUT2D eigenvalue weighted by molar-refractivity contribution is -0.122. The van der Waals surface area contributed by atoms with Crippen molar-refractivity contribution in [3.05, 3.63) is 0 Å². The third kappa shape index (κ3) is 3.58. The molecule has 2 heteroatoms. The molecule has 2 atom stereocenters. The summed E-state index contributed by atoms with van der Waals surface area (Å²) >= 11 is 0. The highest BCUT2D eigenvalue weighted by Crippen LogP contribution is 2.32. The van der Waals surface area contributed by atoms with Crippen LogP contribution in [0.4, 0.5) is 0 Å². The van der Waals surface area contributed by atoms with E-state index in [9.17, 15) is 0 Å². The van der Waals surface area contributed by atoms with Gasteiger partial charge in [0.15, 0.2) is 0 Å². The summed E-state index contributed by atoms with van der Waals surface area (Å²) in [6.07, 6.45) is 2.62. The maximum absolute atomic E-state index is 6.14. The Hall–Kier alpha value is -0.0800. The number of ether oxygens (including phenoxy) is 1. The fourth-order valence-electron chi connectivity index (χ4n) is 2.44. The van der Waals surface area contributed by atoms with Crippen LogP contribution in [0.3, 0.4) is 0 Å². The van der Waals surface area contributed by atoms with E-state index in [0.29, 0.717) is 11.5 Å². The van der Waals surface area contributed by atoms with E-state index in [1.807, 2.05) is 0 Å². The van der Waals surface area contributed by atoms with Crippen LogP contribution in [0.1, 0.15) is 47.5 Å². The number of hydrogen-bond donors (Lipinski definition) is 1. The number of morpholine rings is 1. The van der Waals surface area contributed by atoms with E-state index in [-0.39, 0.29) is 5.60 Å². The first-order valence-corrected chi connectivity index (χ1v) is 5.73. The maximum Gasteiger partial charge on any atom is 0.0787 e. The molecule has 2 nitrogen and oxygen atoms in total. The quantitative estimate of drug-likeness (QED) is 0.738. The van der Waals surface area contributed by atoms with Gasteiger partial charge in [-0.25, -0.2) is 0 Å². The summed E-state index contributed by atoms with van der Waals surface area (Å²) in [6, 6.07) is 0. The van der Waals surface area contributed by atoms with E-state index in [1.54, 1.807) is 0 Å². The van der Waals surface area contributed by atoms with Gasteiger partial charge in [-0.1, -0.05) is 27.7 Å². The SMILES string of the molecule is CCC1CNCC(C)(CC(C)(C)C)O1. The van der Waals surface area contributed by atoms with Crippen LogP contribution in [0.25, 0.3) is 0 Å². The zero-order chi connectivity index (χ0) is 10.8. The van der Waals surface area contributed by atoms with Crippen LogP contribution in [-0.4, -0.2) is 24.8 Å². The minimum atomic E-state index is 0.0250. The van der Waals surface area contributed by atoms with Gasteiger partial charge in [0.2, 0.25) is 0 Å². The van der Waals surface area contributed by atoms with Crippen LogP contribution >= 0.6 is 0 Å². The molecule has 0 bridgehead atoms. The van der Waals surface area contributed by atoms with E-state index in [4.69, 9.17) is 4.74 Å². The first-order chi connectivity index (χ1) is 6.35. The molecule has 0 amide bonds. The van der Waals surface area contributed by atoms with Crippen molar-refractivity contribution >= 4 is 0 Å². The summed E-state index contributed by atoms with van der Waals surface area (Å²) in [7, 11) is 0. The predicted octanol–water partition coefficient (Wildman–Crippen LogP) is 2.58. The van der Waals surface area contributed by atoms with Gasteiger partial charge in [-0.15, -0.1) is 0 Å². The Bertz CT molecular complexity index is 185. The fourth-order valence-corrected chi connectivity index (χ4v) is 2.44. The van der Waals surface area contributed by atoms with Gasteiger partial charge in [0.25, 0.3) is 0 Å². The number of hydrogen-bond acceptors (Lipinski definition) is 2. The van der Waals surface area contributed by atoms with Crippen molar-refractivity contribution in [2.45, 2.75) is 59.2 Å². The second kappa shape index (κ2) is 4.19. The minimum absolute atomic E-state index is 0.0250. The van der Waals surface area contributed by atoms with Crippen molar-refractivity contribution in [1.82, 2.24) is 5.32 Å². The van der Waals surface area contributed by atoms with E-state index >= 15 is 0 Å². The minimum Gasteiger partial charge on any atom is -0.369 e. The Morgan fingerprint density at radius 1 is 1.43 bits per heavy atom. The van der Waals surface area contributed by atoms with Gasteiger partial charge >= 0.3 is 0 Å². The first-order valence-electron chi connectivity index (χ1n) is 5.73. The first kappa shape index (κ1) is 12.0. The van der Waals surface area contributed by atoms with Crippen LogP contribution in [0, 0.1) is 5.41 Å². The largest absolute Gasteiger partial charge is 0.369 e. The van der Waals surface area contributed by atoms with E-state index in [1.165, 1.54) is 0 Å². The summed E-state index contributed by atoms with van der Waals surface area (Å²) in [5, 5.41) is 3.47. The van der Waals surface area contributed by atoms with E-state index < -0.39 is 0 Å². The highest BCUT2D eigenvalue weighted by Gasteiger charge is 2.35. The summed E-state index contributed by atoms with van der Waals surface area (Å²) in [6.45, 7) is 13.2. The number of nitrogens with one attached hydrogen (secondary N) is 1. The van der Waals surface area contributed by atoms with Crippen LogP contribution < -0.4 is 5.32 Å². The third-order valence-electron chi connectivity index (χ3n) is 2.68. The molecule has 0 spiro atoms. The molecule has 1 N–H and O–H groups in total. The normalized spacial score (nSPS) is 34.5. The molecular weight excluding hydrogens is 174 g/mol. The molecular formula is C12H25NO. The molecule has 1 heterocycles. The van der Waals surface area contributed by atoms with Gasteiger partial charge < -0.3 is 10.1 Å². The van der Waals surface area contributed by atoms with Gasteiger partial charge in [0.1, 0.15) is 0 Å². The van der Waals surface area contributed by atoms with Gasteiger partial charge in [-0.05, 0) is 25.2 Å². The Balaban J connectivity index is 2.55. The molecule has 0 aromatic rings. The Kier molecular flexibility index (Phi) is 3.59. The molecule has 14 heavy (non-hydrogen) atoms. The molecule has 84 valence electrons. The van der Waals surface area contributed by atoms with Crippen molar-refractivity contribution in [2.24, 2.45) is 5.41 Å². The molecule has 0 saturated carbocycles. The van der Waals surface area contributed by atoms with Crippen LogP contribution in [0.15, 0.2) is 0 Å². The molecule has 0 aromatic heterocycles. The van der Waals surface area contributed by atoms with Crippen LogP contribution in [0.5, 0.6) is 0 Å². The van der Waals surface area contributed by atoms with Gasteiger partial charge in [0.05, 0.1) is 11.7 Å². The van der Waals surface area contributed by atoms with Crippen molar-refractivity contribution in [1.29, 1.82) is 0 Å². The Morgan fingerprint density at radius 2 is 2.07 bits per heavy atom. The Labute approximate surface area is 88.4 Å². The lowest BCUT2D eigenvalue weighted by atomic mass is 9.82. The lowest BCUT2D eigenvalue weighted by Gasteiger charge is -2.42. The summed E-state index contributed by atoms with van der Waals surface area (Å²) in [5.41, 5.74) is 0.364. The van der Waals surface area contributed by atoms with Crippen LogP contribution in [-0.2, 0) is 4.74 Å². The predicted molar refractivity (Wildman–Crippen MR) is 60.5 cm³/mol. The monoisotopic (exact) mass is 199 g/mol. The van der Waals surface area contributed by atoms with E-state index in [0.717, 1.165) is 25.9 Å². The molecule has 0 aliphatic carbocycles. The van der Waals surface area contributed by atoms with Crippen molar-refractivity contribution in [2.75, 3.05) is 13.1 Å². The summed E-state index contributed by atoms with van der Waals surface area (Å²) in [4.78, 5) is 0. The highest BCUT2D eigenvalue weighted by molar-refractivity contribution is 4.88. The zero-order valence-electron chi connectivity index (χ0n) is 10.3. The standard InChI is InChI=1S/C12H25NO/c1-6-10-7-13-9-12(5,14-10)8-11(2,3)4/h10,13H,6-9H2,1-5H3. The van der Waals surface area contributed by atoms with Crippen LogP contribution in [0.2, 0.25) is 0 Å². The molecule has 0 radical (unpaired) electrons. The molecule has 1 aliphatic heterocycles. The molecule has 1 fully saturated rings. The molecule has 1 rings (SSSR count). The van der Waals surface area contributed by atoms with Gasteiger partial charge in [-0.3, -0.25) is 0 Å². The number of rotatable bonds is 2. The highest BCUT2D eigenvalue weighted by atomic mass is 16.5. The average Bonchev–Trinajstić information content (AvgIpc) is 1.99. The topological polar surface area (TPSA) is 21.3 Å². The van der Waals surface area contributed by atoms with Crippen molar-refractivity contribution in [3.8, 4) is 0 Å². The average molecular weight is 199 g/mol. The Morgan fingerprint density at radius 3 is 2.57 bits per heavy atom. The van der Waals surface area contributed by atoms with Crippen molar-refractivity contribution in [3.63, 3.8) is 0 Å². The van der Waals surface area contributed by atoms with Gasteiger partial charge in [0, 0.05) is 13.1 Å². The second-order valence-corrected chi connectivity index (χ2v) is 5.97. The summed E-state index contributed by atoms with van der Waals surface area (Å²) < 4.78 is 6.14. The van der Waals surface area contributed by atoms with Gasteiger partial charge in [-0.2, -0.15) is 0 Å². The van der Waals surface area contributed by atoms with E-state index in [2.05, 4.69) is 39.9 Å². The fraction of sp³-hybridized carbons (Fsp3) is 1.00. The lowest BCUT2D eigenvalue weighted by Crippen LogP contribution is -2.53. The summed E-state index contributed by atoms with van der Waals surface area (Å²) in [5.74, 6) is 0.